The van der Waals surface area contributed by atoms with E-state index in [1.165, 1.54) is 0 Å². The first-order valence-corrected chi connectivity index (χ1v) is 6.01. The average Bonchev–Trinajstić information content (AvgIpc) is 2.35. The lowest BCUT2D eigenvalue weighted by Gasteiger charge is -2.14. The van der Waals surface area contributed by atoms with Crippen molar-refractivity contribution in [2.45, 2.75) is 26.1 Å². The summed E-state index contributed by atoms with van der Waals surface area (Å²) in [6.45, 7) is 4.15. The molecule has 0 aliphatic heterocycles. The zero-order valence-electron chi connectivity index (χ0n) is 11.1. The standard InChI is InChI=1S/C13H15F4NO2/c1-3-20-7-8(2)18-12(19)9-4-5-11(14)10(6-9)13(15,16)17/h4-6,8H,3,7H2,1-2H3,(H,18,19). The van der Waals surface area contributed by atoms with Crippen LogP contribution >= 0.6 is 0 Å². The number of carbonyl (C=O) groups is 1. The number of nitrogens with one attached hydrogen (secondary N) is 1. The molecule has 3 nitrogen and oxygen atoms in total. The van der Waals surface area contributed by atoms with Gasteiger partial charge in [0.05, 0.1) is 12.2 Å². The number of rotatable bonds is 5. The monoisotopic (exact) mass is 293 g/mol. The van der Waals surface area contributed by atoms with Gasteiger partial charge in [-0.15, -0.1) is 0 Å². The first-order chi connectivity index (χ1) is 9.25. The Kier molecular flexibility index (Phi) is 5.50. The van der Waals surface area contributed by atoms with E-state index < -0.39 is 23.5 Å². The van der Waals surface area contributed by atoms with Crippen molar-refractivity contribution in [2.24, 2.45) is 0 Å². The van der Waals surface area contributed by atoms with Crippen molar-refractivity contribution >= 4 is 5.91 Å². The molecule has 1 rings (SSSR count). The second kappa shape index (κ2) is 6.69. The predicted molar refractivity (Wildman–Crippen MR) is 64.8 cm³/mol. The lowest BCUT2D eigenvalue weighted by atomic mass is 10.1. The summed E-state index contributed by atoms with van der Waals surface area (Å²) in [5.41, 5.74) is -1.70. The minimum atomic E-state index is -4.84. The van der Waals surface area contributed by atoms with Crippen molar-refractivity contribution in [1.29, 1.82) is 0 Å². The van der Waals surface area contributed by atoms with Crippen LogP contribution in [0, 0.1) is 5.82 Å². The molecule has 0 radical (unpaired) electrons. The third-order valence-corrected chi connectivity index (χ3v) is 2.48. The summed E-state index contributed by atoms with van der Waals surface area (Å²) >= 11 is 0. The number of ether oxygens (including phenoxy) is 1. The van der Waals surface area contributed by atoms with E-state index in [1.807, 2.05) is 0 Å². The Morgan fingerprint density at radius 1 is 1.40 bits per heavy atom. The van der Waals surface area contributed by atoms with Crippen LogP contribution in [0.4, 0.5) is 17.6 Å². The second-order valence-corrected chi connectivity index (χ2v) is 4.23. The molecule has 112 valence electrons. The Morgan fingerprint density at radius 2 is 2.05 bits per heavy atom. The number of carbonyl (C=O) groups excluding carboxylic acids is 1. The van der Waals surface area contributed by atoms with E-state index >= 15 is 0 Å². The van der Waals surface area contributed by atoms with Crippen molar-refractivity contribution in [3.63, 3.8) is 0 Å². The molecular formula is C13H15F4NO2. The number of halogens is 4. The van der Waals surface area contributed by atoms with Crippen LogP contribution in [-0.2, 0) is 10.9 Å². The van der Waals surface area contributed by atoms with Crippen LogP contribution in [0.15, 0.2) is 18.2 Å². The number of amides is 1. The van der Waals surface area contributed by atoms with E-state index in [-0.39, 0.29) is 18.2 Å². The zero-order valence-corrected chi connectivity index (χ0v) is 11.1. The van der Waals surface area contributed by atoms with Gasteiger partial charge in [-0.05, 0) is 32.0 Å². The number of alkyl halides is 3. The summed E-state index contributed by atoms with van der Waals surface area (Å²) in [5, 5.41) is 2.48. The summed E-state index contributed by atoms with van der Waals surface area (Å²) in [6.07, 6.45) is -4.84. The smallest absolute Gasteiger partial charge is 0.380 e. The van der Waals surface area contributed by atoms with E-state index in [4.69, 9.17) is 4.74 Å². The molecule has 0 saturated carbocycles. The van der Waals surface area contributed by atoms with Gasteiger partial charge in [-0.2, -0.15) is 13.2 Å². The highest BCUT2D eigenvalue weighted by molar-refractivity contribution is 5.94. The molecule has 1 unspecified atom stereocenters. The Hall–Kier alpha value is -1.63. The number of benzene rings is 1. The summed E-state index contributed by atoms with van der Waals surface area (Å²) in [6, 6.07) is 1.78. The molecule has 7 heteroatoms. The van der Waals surface area contributed by atoms with Crippen LogP contribution in [0.1, 0.15) is 29.8 Å². The topological polar surface area (TPSA) is 38.3 Å². The van der Waals surface area contributed by atoms with Crippen molar-refractivity contribution in [1.82, 2.24) is 5.32 Å². The van der Waals surface area contributed by atoms with Crippen molar-refractivity contribution in [3.05, 3.63) is 35.1 Å². The van der Waals surface area contributed by atoms with Crippen LogP contribution in [0.25, 0.3) is 0 Å². The fraction of sp³-hybridized carbons (Fsp3) is 0.462. The Bertz CT molecular complexity index is 474. The molecule has 1 atom stereocenters. The highest BCUT2D eigenvalue weighted by atomic mass is 19.4. The molecule has 0 aliphatic carbocycles. The summed E-state index contributed by atoms with van der Waals surface area (Å²) in [4.78, 5) is 11.8. The zero-order chi connectivity index (χ0) is 15.3. The quantitative estimate of drug-likeness (QED) is 0.848. The normalized spacial score (nSPS) is 13.1. The van der Waals surface area contributed by atoms with Gasteiger partial charge in [0, 0.05) is 18.2 Å². The largest absolute Gasteiger partial charge is 0.419 e. The maximum absolute atomic E-state index is 13.1. The summed E-state index contributed by atoms with van der Waals surface area (Å²) in [7, 11) is 0. The van der Waals surface area contributed by atoms with Gasteiger partial charge in [0.2, 0.25) is 0 Å². The minimum absolute atomic E-state index is 0.246. The van der Waals surface area contributed by atoms with Gasteiger partial charge in [0.1, 0.15) is 5.82 Å². The predicted octanol–water partition coefficient (Wildman–Crippen LogP) is 3.00. The van der Waals surface area contributed by atoms with Gasteiger partial charge in [-0.1, -0.05) is 0 Å². The van der Waals surface area contributed by atoms with Gasteiger partial charge in [-0.3, -0.25) is 4.79 Å². The van der Waals surface area contributed by atoms with Crippen molar-refractivity contribution in [3.8, 4) is 0 Å². The fourth-order valence-electron chi connectivity index (χ4n) is 1.53. The first kappa shape index (κ1) is 16.4. The summed E-state index contributed by atoms with van der Waals surface area (Å²) in [5.74, 6) is -2.11. The number of hydrogen-bond donors (Lipinski definition) is 1. The van der Waals surface area contributed by atoms with E-state index in [9.17, 15) is 22.4 Å². The van der Waals surface area contributed by atoms with Crippen molar-refractivity contribution < 1.29 is 27.1 Å². The second-order valence-electron chi connectivity index (χ2n) is 4.23. The molecule has 0 fully saturated rings. The van der Waals surface area contributed by atoms with Crippen LogP contribution in [0.3, 0.4) is 0 Å². The molecule has 1 amide bonds. The van der Waals surface area contributed by atoms with Gasteiger partial charge >= 0.3 is 6.18 Å². The van der Waals surface area contributed by atoms with Gasteiger partial charge in [-0.25, -0.2) is 4.39 Å². The maximum Gasteiger partial charge on any atom is 0.419 e. The molecule has 0 heterocycles. The molecular weight excluding hydrogens is 278 g/mol. The molecule has 0 spiro atoms. The highest BCUT2D eigenvalue weighted by Crippen LogP contribution is 2.31. The SMILES string of the molecule is CCOCC(C)NC(=O)c1ccc(F)c(C(F)(F)F)c1. The van der Waals surface area contributed by atoms with Crippen molar-refractivity contribution in [2.75, 3.05) is 13.2 Å². The molecule has 0 bridgehead atoms. The minimum Gasteiger partial charge on any atom is -0.380 e. The highest BCUT2D eigenvalue weighted by Gasteiger charge is 2.34. The lowest BCUT2D eigenvalue weighted by Crippen LogP contribution is -2.36. The molecule has 1 aromatic rings. The third kappa shape index (κ3) is 4.48. The molecule has 0 aliphatic rings. The van der Waals surface area contributed by atoms with Gasteiger partial charge in [0.25, 0.3) is 5.91 Å². The molecule has 0 saturated heterocycles. The van der Waals surface area contributed by atoms with Crippen LogP contribution in [0.5, 0.6) is 0 Å². The van der Waals surface area contributed by atoms with E-state index in [0.717, 1.165) is 6.07 Å². The molecule has 1 aromatic carbocycles. The van der Waals surface area contributed by atoms with Crippen LogP contribution < -0.4 is 5.32 Å². The van der Waals surface area contributed by atoms with Crippen LogP contribution in [-0.4, -0.2) is 25.2 Å². The molecule has 0 aromatic heterocycles. The van der Waals surface area contributed by atoms with E-state index in [1.54, 1.807) is 13.8 Å². The molecule has 1 N–H and O–H groups in total. The average molecular weight is 293 g/mol. The fourth-order valence-corrected chi connectivity index (χ4v) is 1.53. The summed E-state index contributed by atoms with van der Waals surface area (Å²) < 4.78 is 55.7. The van der Waals surface area contributed by atoms with E-state index in [0.29, 0.717) is 18.7 Å². The Balaban J connectivity index is 2.84. The van der Waals surface area contributed by atoms with Gasteiger partial charge in [0.15, 0.2) is 0 Å². The Morgan fingerprint density at radius 3 is 2.60 bits per heavy atom. The lowest BCUT2D eigenvalue weighted by molar-refractivity contribution is -0.140. The Labute approximate surface area is 113 Å². The first-order valence-electron chi connectivity index (χ1n) is 6.01. The maximum atomic E-state index is 13.1. The van der Waals surface area contributed by atoms with E-state index in [2.05, 4.69) is 5.32 Å². The third-order valence-electron chi connectivity index (χ3n) is 2.48. The number of hydrogen-bond acceptors (Lipinski definition) is 2. The van der Waals surface area contributed by atoms with Gasteiger partial charge < -0.3 is 10.1 Å². The molecule has 20 heavy (non-hydrogen) atoms. The van der Waals surface area contributed by atoms with Crippen LogP contribution in [0.2, 0.25) is 0 Å².